The number of fused-ring (bicyclic) bond motifs is 2. The second-order valence-corrected chi connectivity index (χ2v) is 16.7. The summed E-state index contributed by atoms with van der Waals surface area (Å²) >= 11 is 6.45. The summed E-state index contributed by atoms with van der Waals surface area (Å²) < 4.78 is 35.1. The first-order valence-corrected chi connectivity index (χ1v) is 20.4. The van der Waals surface area contributed by atoms with Crippen LogP contribution in [0.3, 0.4) is 0 Å². The Labute approximate surface area is 300 Å². The number of aryl methyl sites for hydroxylation is 1. The average molecular weight is 714 g/mol. The number of benzene rings is 2. The molecule has 1 aliphatic carbocycles. The fourth-order valence-corrected chi connectivity index (χ4v) is 9.21. The van der Waals surface area contributed by atoms with Crippen molar-refractivity contribution in [2.45, 2.75) is 96.0 Å². The van der Waals surface area contributed by atoms with Gasteiger partial charge in [-0.15, -0.1) is 0 Å². The number of amides is 1. The Kier molecular flexibility index (Phi) is 13.0. The maximum absolute atomic E-state index is 13.4. The Balaban J connectivity index is 0.000000971. The molecule has 7 unspecified atom stereocenters. The molecule has 270 valence electrons. The quantitative estimate of drug-likeness (QED) is 0.345. The largest absolute Gasteiger partial charge is 0.491 e. The molecule has 7 rings (SSSR count). The van der Waals surface area contributed by atoms with Gasteiger partial charge in [-0.2, -0.15) is 0 Å². The van der Waals surface area contributed by atoms with Crippen molar-refractivity contribution in [1.29, 1.82) is 0 Å². The van der Waals surface area contributed by atoms with Gasteiger partial charge in [0.1, 0.15) is 16.7 Å². The number of nitrogens with zero attached hydrogens (tertiary/aromatic N) is 1. The third-order valence-electron chi connectivity index (χ3n) is 11.4. The van der Waals surface area contributed by atoms with Crippen molar-refractivity contribution in [3.05, 3.63) is 58.1 Å². The van der Waals surface area contributed by atoms with Gasteiger partial charge in [-0.1, -0.05) is 44.4 Å². The summed E-state index contributed by atoms with van der Waals surface area (Å²) in [6, 6.07) is 11.9. The van der Waals surface area contributed by atoms with E-state index in [4.69, 9.17) is 25.8 Å². The van der Waals surface area contributed by atoms with E-state index in [1.807, 2.05) is 25.1 Å². The summed E-state index contributed by atoms with van der Waals surface area (Å²) in [5, 5.41) is 3.72. The molecular weight excluding hydrogens is 658 g/mol. The minimum Gasteiger partial charge on any atom is -0.491 e. The van der Waals surface area contributed by atoms with E-state index in [9.17, 15) is 9.00 Å². The molecule has 0 spiro atoms. The highest BCUT2D eigenvalue weighted by Crippen LogP contribution is 2.47. The van der Waals surface area contributed by atoms with E-state index in [0.717, 1.165) is 81.3 Å². The monoisotopic (exact) mass is 713 g/mol. The van der Waals surface area contributed by atoms with Crippen molar-refractivity contribution in [2.75, 3.05) is 50.9 Å². The highest BCUT2D eigenvalue weighted by molar-refractivity contribution is 7.84. The van der Waals surface area contributed by atoms with Gasteiger partial charge < -0.3 is 24.4 Å². The number of halogens is 1. The van der Waals surface area contributed by atoms with E-state index in [1.54, 1.807) is 6.07 Å². The summed E-state index contributed by atoms with van der Waals surface area (Å²) in [6.07, 6.45) is 9.53. The molecule has 2 bridgehead atoms. The standard InChI is InChI=1S/C36H49ClN2O5S.C3H7N/c1-4-7-25-18-29(37)12-14-30(25)28-21-39-20-27-10-13-31(27)32(36-42-16-6-17-43-36)9-5-8-23(2)24(3)45(41)38-35(40)26-11-15-34(44-22-28)33(39)19-26;1-2-4-3-1/h11-12,14-15,18-19,23-24,27-28,31-32,36H,4-10,13,16-17,20-22H2,1-3H3,(H,38,40);4H,1-3H2. The van der Waals surface area contributed by atoms with E-state index < -0.39 is 11.0 Å². The van der Waals surface area contributed by atoms with Gasteiger partial charge in [-0.25, -0.2) is 4.21 Å². The second-order valence-electron chi connectivity index (χ2n) is 14.8. The van der Waals surface area contributed by atoms with E-state index in [1.165, 1.54) is 43.5 Å². The van der Waals surface area contributed by atoms with Crippen LogP contribution in [0.1, 0.15) is 99.5 Å². The molecule has 2 aromatic carbocycles. The summed E-state index contributed by atoms with van der Waals surface area (Å²) in [5.74, 6) is 2.17. The van der Waals surface area contributed by atoms with Crippen molar-refractivity contribution in [1.82, 2.24) is 10.0 Å². The molecule has 1 saturated carbocycles. The van der Waals surface area contributed by atoms with Crippen LogP contribution in [0.4, 0.5) is 5.69 Å². The number of rotatable bonds is 4. The number of carbonyl (C=O) groups is 1. The zero-order chi connectivity index (χ0) is 34.3. The number of hydrogen-bond acceptors (Lipinski definition) is 7. The third-order valence-corrected chi connectivity index (χ3v) is 13.2. The Hall–Kier alpha value is -2.17. The molecule has 4 heterocycles. The van der Waals surface area contributed by atoms with Gasteiger partial charge in [0.25, 0.3) is 5.91 Å². The van der Waals surface area contributed by atoms with Crippen LogP contribution in [0, 0.1) is 23.7 Å². The van der Waals surface area contributed by atoms with Crippen LogP contribution in [-0.4, -0.2) is 67.7 Å². The third kappa shape index (κ3) is 9.01. The van der Waals surface area contributed by atoms with Crippen LogP contribution >= 0.6 is 11.6 Å². The van der Waals surface area contributed by atoms with Crippen LogP contribution in [0.25, 0.3) is 0 Å². The summed E-state index contributed by atoms with van der Waals surface area (Å²) in [5.41, 5.74) is 4.00. The van der Waals surface area contributed by atoms with E-state index in [-0.39, 0.29) is 29.3 Å². The van der Waals surface area contributed by atoms with E-state index >= 15 is 0 Å². The summed E-state index contributed by atoms with van der Waals surface area (Å²) in [7, 11) is -1.49. The first-order chi connectivity index (χ1) is 23.8. The van der Waals surface area contributed by atoms with Gasteiger partial charge in [0, 0.05) is 35.5 Å². The lowest BCUT2D eigenvalue weighted by Crippen LogP contribution is -2.47. The molecule has 7 atom stereocenters. The van der Waals surface area contributed by atoms with Gasteiger partial charge >= 0.3 is 0 Å². The van der Waals surface area contributed by atoms with Crippen LogP contribution in [0.2, 0.25) is 5.02 Å². The minimum atomic E-state index is -1.49. The topological polar surface area (TPSA) is 89.1 Å². The molecule has 2 saturated heterocycles. The lowest BCUT2D eigenvalue weighted by atomic mass is 9.65. The number of ether oxygens (including phenoxy) is 3. The fourth-order valence-electron chi connectivity index (χ4n) is 7.97. The first-order valence-electron chi connectivity index (χ1n) is 18.8. The summed E-state index contributed by atoms with van der Waals surface area (Å²) in [6.45, 7) is 12.5. The maximum Gasteiger partial charge on any atom is 0.263 e. The molecule has 5 aliphatic rings. The van der Waals surface area contributed by atoms with Crippen molar-refractivity contribution in [3.8, 4) is 5.75 Å². The lowest BCUT2D eigenvalue weighted by Gasteiger charge is -2.47. The van der Waals surface area contributed by atoms with Gasteiger partial charge in [0.2, 0.25) is 0 Å². The molecule has 49 heavy (non-hydrogen) atoms. The molecule has 0 aromatic heterocycles. The van der Waals surface area contributed by atoms with Crippen LogP contribution in [-0.2, 0) is 26.9 Å². The molecule has 0 radical (unpaired) electrons. The smallest absolute Gasteiger partial charge is 0.263 e. The molecule has 10 heteroatoms. The molecule has 2 aromatic rings. The van der Waals surface area contributed by atoms with Crippen molar-refractivity contribution in [3.63, 3.8) is 0 Å². The second kappa shape index (κ2) is 17.4. The lowest BCUT2D eigenvalue weighted by molar-refractivity contribution is -0.224. The maximum atomic E-state index is 13.4. The Bertz CT molecular complexity index is 1430. The van der Waals surface area contributed by atoms with E-state index in [2.05, 4.69) is 40.9 Å². The molecule has 2 N–H and O–H groups in total. The molecule has 1 amide bonds. The molecule has 4 aliphatic heterocycles. The van der Waals surface area contributed by atoms with Gasteiger partial charge in [0.15, 0.2) is 6.29 Å². The zero-order valence-corrected chi connectivity index (χ0v) is 31.2. The van der Waals surface area contributed by atoms with Crippen molar-refractivity contribution in [2.24, 2.45) is 23.7 Å². The highest BCUT2D eigenvalue weighted by atomic mass is 35.5. The van der Waals surface area contributed by atoms with Gasteiger partial charge in [0.05, 0.1) is 30.8 Å². The molecular formula is C39H56ClN3O5S. The average Bonchev–Trinajstić information content (AvgIpc) is 3.24. The predicted octanol–water partition coefficient (Wildman–Crippen LogP) is 7.26. The minimum absolute atomic E-state index is 0.147. The fraction of sp³-hybridized carbons (Fsp3) is 0.667. The number of carbonyl (C=O) groups excluding carboxylic acids is 1. The number of hydrogen-bond donors (Lipinski definition) is 2. The van der Waals surface area contributed by atoms with Crippen molar-refractivity contribution >= 4 is 34.2 Å². The zero-order valence-electron chi connectivity index (χ0n) is 29.6. The predicted molar refractivity (Wildman–Crippen MR) is 198 cm³/mol. The molecule has 3 fully saturated rings. The van der Waals surface area contributed by atoms with Crippen LogP contribution in [0.5, 0.6) is 5.75 Å². The Morgan fingerprint density at radius 3 is 2.41 bits per heavy atom. The number of nitrogens with one attached hydrogen (secondary N) is 2. The summed E-state index contributed by atoms with van der Waals surface area (Å²) in [4.78, 5) is 15.9. The van der Waals surface area contributed by atoms with Crippen LogP contribution in [0.15, 0.2) is 36.4 Å². The highest BCUT2D eigenvalue weighted by Gasteiger charge is 2.43. The molecule has 8 nitrogen and oxygen atoms in total. The van der Waals surface area contributed by atoms with Crippen molar-refractivity contribution < 1.29 is 23.2 Å². The van der Waals surface area contributed by atoms with Gasteiger partial charge in [-0.05, 0) is 124 Å². The van der Waals surface area contributed by atoms with Crippen LogP contribution < -0.4 is 19.7 Å². The Morgan fingerprint density at radius 1 is 0.939 bits per heavy atom. The first kappa shape index (κ1) is 36.6. The normalized spacial score (nSPS) is 31.0. The Morgan fingerprint density at radius 2 is 1.71 bits per heavy atom. The number of anilines is 1. The van der Waals surface area contributed by atoms with E-state index in [0.29, 0.717) is 29.9 Å². The SMILES string of the molecule is C1CNC1.CCCc1cc(Cl)ccc1C1COc2ccc3cc2N(C1)CC1CCC1C(C1OCCCO1)CCCC(C)C(C)S(=O)NC3=O. The van der Waals surface area contributed by atoms with Gasteiger partial charge in [-0.3, -0.25) is 9.52 Å².